The van der Waals surface area contributed by atoms with Crippen LogP contribution in [0, 0.1) is 0 Å². The van der Waals surface area contributed by atoms with Crippen LogP contribution in [-0.4, -0.2) is 17.8 Å². The summed E-state index contributed by atoms with van der Waals surface area (Å²) in [6.45, 7) is 9.08. The number of hydrogen-bond acceptors (Lipinski definition) is 5. The minimum atomic E-state index is -0.396. The molecule has 0 bridgehead atoms. The molecule has 7 nitrogen and oxygen atoms in total. The molecule has 0 spiro atoms. The Balaban J connectivity index is 1.49. The summed E-state index contributed by atoms with van der Waals surface area (Å²) in [5, 5.41) is 9.29. The maximum Gasteiger partial charge on any atom is 0.324 e. The lowest BCUT2D eigenvalue weighted by Crippen LogP contribution is -2.19. The highest BCUT2D eigenvalue weighted by Gasteiger charge is 2.20. The van der Waals surface area contributed by atoms with Crippen molar-refractivity contribution in [1.82, 2.24) is 5.16 Å². The Bertz CT molecular complexity index is 957. The molecule has 1 aromatic heterocycles. The van der Waals surface area contributed by atoms with E-state index in [1.165, 1.54) is 0 Å². The van der Waals surface area contributed by atoms with Crippen LogP contribution in [0.2, 0.25) is 0 Å². The second-order valence-corrected chi connectivity index (χ2v) is 7.80. The zero-order valence-corrected chi connectivity index (χ0v) is 17.7. The number of ether oxygens (including phenoxy) is 2. The zero-order chi connectivity index (χ0) is 21.6. The number of hydrogen-bond donors (Lipinski definition) is 2. The first kappa shape index (κ1) is 21.2. The lowest BCUT2D eigenvalue weighted by atomic mass is 9.93. The molecule has 0 saturated carbocycles. The van der Waals surface area contributed by atoms with Gasteiger partial charge < -0.3 is 19.3 Å². The summed E-state index contributed by atoms with van der Waals surface area (Å²) in [5.41, 5.74) is 1.51. The van der Waals surface area contributed by atoms with Crippen molar-refractivity contribution < 1.29 is 18.8 Å². The Hall–Kier alpha value is -3.48. The maximum atomic E-state index is 12.2. The molecule has 0 atom stereocenters. The SMILES string of the molecule is CCOc1ccc(COc2ccc(NC(=O)Nc3cc(C(C)(C)C)on3)cc2)cc1. The first-order valence-electron chi connectivity index (χ1n) is 9.83. The zero-order valence-electron chi connectivity index (χ0n) is 17.7. The van der Waals surface area contributed by atoms with Crippen molar-refractivity contribution in [3.05, 3.63) is 65.9 Å². The van der Waals surface area contributed by atoms with Crippen molar-refractivity contribution in [3.63, 3.8) is 0 Å². The number of anilines is 2. The molecule has 7 heteroatoms. The van der Waals surface area contributed by atoms with Crippen LogP contribution in [0.25, 0.3) is 0 Å². The molecule has 0 saturated heterocycles. The van der Waals surface area contributed by atoms with Crippen LogP contribution in [0.4, 0.5) is 16.3 Å². The van der Waals surface area contributed by atoms with Crippen molar-refractivity contribution in [2.75, 3.05) is 17.2 Å². The maximum absolute atomic E-state index is 12.2. The van der Waals surface area contributed by atoms with Gasteiger partial charge in [-0.25, -0.2) is 4.79 Å². The smallest absolute Gasteiger partial charge is 0.324 e. The van der Waals surface area contributed by atoms with E-state index in [-0.39, 0.29) is 5.41 Å². The van der Waals surface area contributed by atoms with E-state index in [1.54, 1.807) is 30.3 Å². The molecule has 0 aliphatic heterocycles. The second kappa shape index (κ2) is 9.35. The lowest BCUT2D eigenvalue weighted by molar-refractivity contribution is 0.262. The quantitative estimate of drug-likeness (QED) is 0.531. The predicted molar refractivity (Wildman–Crippen MR) is 116 cm³/mol. The van der Waals surface area contributed by atoms with Gasteiger partial charge >= 0.3 is 6.03 Å². The number of benzene rings is 2. The number of carbonyl (C=O) groups is 1. The number of aromatic nitrogens is 1. The molecule has 0 fully saturated rings. The van der Waals surface area contributed by atoms with Crippen LogP contribution in [-0.2, 0) is 12.0 Å². The molecule has 0 aliphatic carbocycles. The molecule has 0 unspecified atom stereocenters. The van der Waals surface area contributed by atoms with Crippen molar-refractivity contribution in [3.8, 4) is 11.5 Å². The van der Waals surface area contributed by atoms with Crippen molar-refractivity contribution in [2.45, 2.75) is 39.7 Å². The molecule has 30 heavy (non-hydrogen) atoms. The second-order valence-electron chi connectivity index (χ2n) is 7.80. The van der Waals surface area contributed by atoms with Gasteiger partial charge in [0.1, 0.15) is 23.9 Å². The largest absolute Gasteiger partial charge is 0.494 e. The number of nitrogens with one attached hydrogen (secondary N) is 2. The summed E-state index contributed by atoms with van der Waals surface area (Å²) >= 11 is 0. The fourth-order valence-electron chi connectivity index (χ4n) is 2.62. The molecule has 158 valence electrons. The highest BCUT2D eigenvalue weighted by Crippen LogP contribution is 2.24. The number of rotatable bonds is 7. The molecule has 1 heterocycles. The Labute approximate surface area is 176 Å². The molecular weight excluding hydrogens is 382 g/mol. The van der Waals surface area contributed by atoms with Crippen LogP contribution in [0.15, 0.2) is 59.1 Å². The molecule has 0 radical (unpaired) electrons. The number of amides is 2. The molecule has 2 N–H and O–H groups in total. The summed E-state index contributed by atoms with van der Waals surface area (Å²) in [7, 11) is 0. The fourth-order valence-corrected chi connectivity index (χ4v) is 2.62. The average molecular weight is 409 g/mol. The number of nitrogens with zero attached hydrogens (tertiary/aromatic N) is 1. The third kappa shape index (κ3) is 6.01. The van der Waals surface area contributed by atoms with E-state index in [4.69, 9.17) is 14.0 Å². The van der Waals surface area contributed by atoms with Gasteiger partial charge in [-0.2, -0.15) is 0 Å². The molecule has 3 rings (SSSR count). The summed E-state index contributed by atoms with van der Waals surface area (Å²) in [4.78, 5) is 12.2. The van der Waals surface area contributed by atoms with Gasteiger partial charge in [0.2, 0.25) is 0 Å². The van der Waals surface area contributed by atoms with E-state index in [1.807, 2.05) is 52.0 Å². The van der Waals surface area contributed by atoms with Crippen LogP contribution >= 0.6 is 0 Å². The molecule has 2 amide bonds. The fraction of sp³-hybridized carbons (Fsp3) is 0.304. The monoisotopic (exact) mass is 409 g/mol. The van der Waals surface area contributed by atoms with Crippen LogP contribution in [0.5, 0.6) is 11.5 Å². The summed E-state index contributed by atoms with van der Waals surface area (Å²) in [5.74, 6) is 2.62. The van der Waals surface area contributed by atoms with Gasteiger partial charge in [-0.1, -0.05) is 38.1 Å². The molecular formula is C23H27N3O4. The standard InChI is InChI=1S/C23H27N3O4/c1-5-28-18-10-6-16(7-11-18)15-29-19-12-8-17(9-13-19)24-22(27)25-21-14-20(30-26-21)23(2,3)4/h6-14H,5,15H2,1-4H3,(H2,24,25,26,27). The molecule has 0 aliphatic rings. The van der Waals surface area contributed by atoms with Crippen LogP contribution < -0.4 is 20.1 Å². The van der Waals surface area contributed by atoms with Gasteiger partial charge in [-0.05, 0) is 48.9 Å². The average Bonchev–Trinajstić information content (AvgIpc) is 3.18. The number of carbonyl (C=O) groups excluding carboxylic acids is 1. The summed E-state index contributed by atoms with van der Waals surface area (Å²) in [6.07, 6.45) is 0. The van der Waals surface area contributed by atoms with Gasteiger partial charge in [0.05, 0.1) is 6.61 Å². The van der Waals surface area contributed by atoms with E-state index in [2.05, 4.69) is 15.8 Å². The van der Waals surface area contributed by atoms with E-state index >= 15 is 0 Å². The van der Waals surface area contributed by atoms with E-state index in [0.29, 0.717) is 36.2 Å². The van der Waals surface area contributed by atoms with Gasteiger partial charge in [0.15, 0.2) is 5.82 Å². The van der Waals surface area contributed by atoms with Crippen molar-refractivity contribution in [2.24, 2.45) is 0 Å². The first-order valence-corrected chi connectivity index (χ1v) is 9.83. The van der Waals surface area contributed by atoms with E-state index in [9.17, 15) is 4.79 Å². The Morgan fingerprint density at radius 3 is 2.20 bits per heavy atom. The van der Waals surface area contributed by atoms with Crippen molar-refractivity contribution in [1.29, 1.82) is 0 Å². The van der Waals surface area contributed by atoms with Crippen LogP contribution in [0.1, 0.15) is 39.0 Å². The Morgan fingerprint density at radius 1 is 0.967 bits per heavy atom. The Kier molecular flexibility index (Phi) is 6.61. The van der Waals surface area contributed by atoms with Crippen LogP contribution in [0.3, 0.4) is 0 Å². The predicted octanol–water partition coefficient (Wildman–Crippen LogP) is 5.59. The minimum absolute atomic E-state index is 0.176. The topological polar surface area (TPSA) is 85.6 Å². The highest BCUT2D eigenvalue weighted by molar-refractivity contribution is 5.99. The summed E-state index contributed by atoms with van der Waals surface area (Å²) in [6, 6.07) is 16.3. The van der Waals surface area contributed by atoms with E-state index in [0.717, 1.165) is 11.3 Å². The molecule has 3 aromatic rings. The lowest BCUT2D eigenvalue weighted by Gasteiger charge is -2.12. The van der Waals surface area contributed by atoms with E-state index < -0.39 is 6.03 Å². The number of urea groups is 1. The highest BCUT2D eigenvalue weighted by atomic mass is 16.5. The minimum Gasteiger partial charge on any atom is -0.494 e. The third-order valence-corrected chi connectivity index (χ3v) is 4.24. The van der Waals surface area contributed by atoms with Gasteiger partial charge in [0, 0.05) is 17.2 Å². The molecule has 2 aromatic carbocycles. The van der Waals surface area contributed by atoms with Gasteiger partial charge in [0.25, 0.3) is 0 Å². The summed E-state index contributed by atoms with van der Waals surface area (Å²) < 4.78 is 16.5. The van der Waals surface area contributed by atoms with Gasteiger partial charge in [-0.15, -0.1) is 0 Å². The first-order chi connectivity index (χ1) is 14.3. The van der Waals surface area contributed by atoms with Gasteiger partial charge in [-0.3, -0.25) is 5.32 Å². The normalized spacial score (nSPS) is 11.1. The van der Waals surface area contributed by atoms with Crippen molar-refractivity contribution >= 4 is 17.5 Å². The third-order valence-electron chi connectivity index (χ3n) is 4.24. The Morgan fingerprint density at radius 2 is 1.60 bits per heavy atom.